The molecule has 16 heavy (non-hydrogen) atoms. The van der Waals surface area contributed by atoms with Crippen LogP contribution >= 0.6 is 0 Å². The van der Waals surface area contributed by atoms with Crippen LogP contribution in [0.15, 0.2) is 24.3 Å². The van der Waals surface area contributed by atoms with Crippen molar-refractivity contribution in [3.63, 3.8) is 0 Å². The number of nitrogens with zero attached hydrogens (tertiary/aromatic N) is 1. The quantitative estimate of drug-likeness (QED) is 0.603. The number of primary amides is 1. The number of carbonyl (C=O) groups excluding carboxylic acids is 1. The number of hydrogen-bond donors (Lipinski definition) is 2. The van der Waals surface area contributed by atoms with Crippen LogP contribution in [0.25, 0.3) is 0 Å². The summed E-state index contributed by atoms with van der Waals surface area (Å²) in [5.41, 5.74) is 7.47. The molecule has 0 aromatic heterocycles. The summed E-state index contributed by atoms with van der Waals surface area (Å²) < 4.78 is 0. The lowest BCUT2D eigenvalue weighted by Crippen LogP contribution is -2.34. The summed E-state index contributed by atoms with van der Waals surface area (Å²) in [6.07, 6.45) is 1.01. The third-order valence-corrected chi connectivity index (χ3v) is 3.05. The lowest BCUT2D eigenvalue weighted by molar-refractivity contribution is -0.0431. The van der Waals surface area contributed by atoms with Gasteiger partial charge >= 0.3 is 6.03 Å². The van der Waals surface area contributed by atoms with Crippen LogP contribution < -0.4 is 5.73 Å². The van der Waals surface area contributed by atoms with Crippen LogP contribution in [0.1, 0.15) is 23.5 Å². The SMILES string of the molecule is Cc1cccc(C2CC2CN(O)C(N)=O)c1. The topological polar surface area (TPSA) is 66.6 Å². The van der Waals surface area contributed by atoms with Crippen molar-refractivity contribution in [1.82, 2.24) is 5.06 Å². The molecule has 0 aliphatic heterocycles. The first kappa shape index (κ1) is 11.0. The minimum Gasteiger partial charge on any atom is -0.350 e. The standard InChI is InChI=1S/C12H16N2O2/c1-8-3-2-4-9(5-8)11-6-10(11)7-14(16)12(13)15/h2-5,10-11,16H,6-7H2,1H3,(H2,13,15). The monoisotopic (exact) mass is 220 g/mol. The van der Waals surface area contributed by atoms with E-state index in [0.717, 1.165) is 6.42 Å². The van der Waals surface area contributed by atoms with Crippen LogP contribution in [-0.2, 0) is 0 Å². The number of hydroxylamine groups is 2. The van der Waals surface area contributed by atoms with Crippen LogP contribution in [0, 0.1) is 12.8 Å². The van der Waals surface area contributed by atoms with E-state index in [1.807, 2.05) is 6.07 Å². The van der Waals surface area contributed by atoms with Gasteiger partial charge in [0.1, 0.15) is 0 Å². The van der Waals surface area contributed by atoms with Crippen molar-refractivity contribution in [3.8, 4) is 0 Å². The summed E-state index contributed by atoms with van der Waals surface area (Å²) in [5.74, 6) is 0.785. The normalized spacial score (nSPS) is 22.9. The average Bonchev–Trinajstić information content (AvgIpc) is 2.97. The smallest absolute Gasteiger partial charge is 0.338 e. The van der Waals surface area contributed by atoms with Gasteiger partial charge in [0.05, 0.1) is 6.54 Å². The number of aryl methyl sites for hydroxylation is 1. The van der Waals surface area contributed by atoms with Gasteiger partial charge in [-0.25, -0.2) is 9.86 Å². The number of rotatable bonds is 3. The molecule has 1 saturated carbocycles. The first-order valence-electron chi connectivity index (χ1n) is 5.40. The highest BCUT2D eigenvalue weighted by Gasteiger charge is 2.39. The van der Waals surface area contributed by atoms with Crippen molar-refractivity contribution in [2.75, 3.05) is 6.54 Å². The Morgan fingerprint density at radius 2 is 2.38 bits per heavy atom. The zero-order valence-electron chi connectivity index (χ0n) is 9.26. The molecule has 2 unspecified atom stereocenters. The van der Waals surface area contributed by atoms with Gasteiger partial charge < -0.3 is 5.73 Å². The second-order valence-corrected chi connectivity index (χ2v) is 4.44. The Morgan fingerprint density at radius 3 is 3.00 bits per heavy atom. The molecular formula is C12H16N2O2. The van der Waals surface area contributed by atoms with Gasteiger partial charge in [-0.1, -0.05) is 29.8 Å². The Morgan fingerprint density at radius 1 is 1.62 bits per heavy atom. The fraction of sp³-hybridized carbons (Fsp3) is 0.417. The number of nitrogens with two attached hydrogens (primary N) is 1. The highest BCUT2D eigenvalue weighted by Crippen LogP contribution is 2.47. The van der Waals surface area contributed by atoms with Crippen LogP contribution in [0.2, 0.25) is 0 Å². The Balaban J connectivity index is 1.94. The molecule has 0 saturated heterocycles. The lowest BCUT2D eigenvalue weighted by atomic mass is 10.1. The largest absolute Gasteiger partial charge is 0.350 e. The molecule has 1 fully saturated rings. The summed E-state index contributed by atoms with van der Waals surface area (Å²) in [5, 5.41) is 9.81. The first-order valence-corrected chi connectivity index (χ1v) is 5.40. The van der Waals surface area contributed by atoms with E-state index >= 15 is 0 Å². The molecule has 1 aromatic carbocycles. The van der Waals surface area contributed by atoms with Crippen molar-refractivity contribution in [1.29, 1.82) is 0 Å². The maximum atomic E-state index is 10.7. The maximum absolute atomic E-state index is 10.7. The number of hydrogen-bond acceptors (Lipinski definition) is 2. The van der Waals surface area contributed by atoms with Crippen molar-refractivity contribution >= 4 is 6.03 Å². The van der Waals surface area contributed by atoms with E-state index in [4.69, 9.17) is 5.73 Å². The van der Waals surface area contributed by atoms with Gasteiger partial charge in [-0.05, 0) is 30.7 Å². The van der Waals surface area contributed by atoms with Crippen LogP contribution in [0.4, 0.5) is 4.79 Å². The third-order valence-electron chi connectivity index (χ3n) is 3.05. The van der Waals surface area contributed by atoms with Gasteiger partial charge in [-0.2, -0.15) is 0 Å². The molecular weight excluding hydrogens is 204 g/mol. The van der Waals surface area contributed by atoms with Crippen LogP contribution in [0.5, 0.6) is 0 Å². The number of carbonyl (C=O) groups is 1. The number of urea groups is 1. The summed E-state index contributed by atoms with van der Waals surface area (Å²) in [7, 11) is 0. The second kappa shape index (κ2) is 4.14. The van der Waals surface area contributed by atoms with Crippen molar-refractivity contribution in [2.45, 2.75) is 19.3 Å². The number of amides is 2. The van der Waals surface area contributed by atoms with Crippen molar-refractivity contribution in [2.24, 2.45) is 11.7 Å². The average molecular weight is 220 g/mol. The Bertz CT molecular complexity index is 406. The van der Waals surface area contributed by atoms with Gasteiger partial charge in [0, 0.05) is 0 Å². The van der Waals surface area contributed by atoms with E-state index in [2.05, 4.69) is 25.1 Å². The Hall–Kier alpha value is -1.55. The highest BCUT2D eigenvalue weighted by atomic mass is 16.5. The van der Waals surface area contributed by atoms with E-state index in [1.54, 1.807) is 0 Å². The second-order valence-electron chi connectivity index (χ2n) is 4.44. The summed E-state index contributed by atoms with van der Waals surface area (Å²) in [4.78, 5) is 10.7. The van der Waals surface area contributed by atoms with E-state index in [0.29, 0.717) is 23.4 Å². The predicted molar refractivity (Wildman–Crippen MR) is 60.1 cm³/mol. The zero-order chi connectivity index (χ0) is 11.7. The molecule has 1 aliphatic rings. The lowest BCUT2D eigenvalue weighted by Gasteiger charge is -2.11. The predicted octanol–water partition coefficient (Wildman–Crippen LogP) is 1.87. The fourth-order valence-electron chi connectivity index (χ4n) is 2.07. The van der Waals surface area contributed by atoms with Gasteiger partial charge in [-0.3, -0.25) is 5.21 Å². The van der Waals surface area contributed by atoms with E-state index in [-0.39, 0.29) is 0 Å². The minimum atomic E-state index is -0.783. The molecule has 4 heteroatoms. The summed E-state index contributed by atoms with van der Waals surface area (Å²) in [6.45, 7) is 2.39. The molecule has 2 rings (SSSR count). The highest BCUT2D eigenvalue weighted by molar-refractivity contribution is 5.70. The summed E-state index contributed by atoms with van der Waals surface area (Å²) in [6, 6.07) is 7.54. The van der Waals surface area contributed by atoms with Crippen molar-refractivity contribution in [3.05, 3.63) is 35.4 Å². The molecule has 0 bridgehead atoms. The minimum absolute atomic E-state index is 0.327. The van der Waals surface area contributed by atoms with Crippen LogP contribution in [0.3, 0.4) is 0 Å². The van der Waals surface area contributed by atoms with Crippen LogP contribution in [-0.4, -0.2) is 22.8 Å². The maximum Gasteiger partial charge on any atom is 0.338 e. The fourth-order valence-corrected chi connectivity index (χ4v) is 2.07. The van der Waals surface area contributed by atoms with Crippen molar-refractivity contribution < 1.29 is 10.0 Å². The molecule has 0 heterocycles. The molecule has 4 nitrogen and oxygen atoms in total. The number of benzene rings is 1. The molecule has 3 N–H and O–H groups in total. The molecule has 0 radical (unpaired) electrons. The van der Waals surface area contributed by atoms with Gasteiger partial charge in [0.25, 0.3) is 0 Å². The van der Waals surface area contributed by atoms with Gasteiger partial charge in [0.15, 0.2) is 0 Å². The molecule has 86 valence electrons. The first-order chi connectivity index (χ1) is 7.58. The zero-order valence-corrected chi connectivity index (χ0v) is 9.26. The van der Waals surface area contributed by atoms with E-state index in [1.165, 1.54) is 11.1 Å². The Labute approximate surface area is 94.6 Å². The molecule has 2 atom stereocenters. The molecule has 0 spiro atoms. The molecule has 1 aliphatic carbocycles. The summed E-state index contributed by atoms with van der Waals surface area (Å²) >= 11 is 0. The Kier molecular flexibility index (Phi) is 2.83. The molecule has 1 aromatic rings. The molecule has 2 amide bonds. The van der Waals surface area contributed by atoms with E-state index < -0.39 is 6.03 Å². The third kappa shape index (κ3) is 2.33. The van der Waals surface area contributed by atoms with E-state index in [9.17, 15) is 10.0 Å². The van der Waals surface area contributed by atoms with Gasteiger partial charge in [-0.15, -0.1) is 0 Å². The van der Waals surface area contributed by atoms with Gasteiger partial charge in [0.2, 0.25) is 0 Å².